The molecule has 2 saturated carbocycles. The summed E-state index contributed by atoms with van der Waals surface area (Å²) >= 11 is 0. The Labute approximate surface area is 231 Å². The van der Waals surface area contributed by atoms with E-state index in [1.54, 1.807) is 45.9 Å². The van der Waals surface area contributed by atoms with Gasteiger partial charge in [-0.05, 0) is 64.9 Å². The topological polar surface area (TPSA) is 151 Å². The van der Waals surface area contributed by atoms with Crippen molar-refractivity contribution in [1.82, 2.24) is 15.5 Å². The SMILES string of the molecule is Cc1cccc(C(C(=O)NC2CCCCC2)N(C(=O)C(CCC(N)=O)NC(=O)OC(C)(C)C)C2CC2C)c1O. The van der Waals surface area contributed by atoms with Gasteiger partial charge in [-0.1, -0.05) is 44.4 Å². The second-order valence-corrected chi connectivity index (χ2v) is 12.0. The van der Waals surface area contributed by atoms with Crippen molar-refractivity contribution in [3.63, 3.8) is 0 Å². The Balaban J connectivity index is 2.01. The van der Waals surface area contributed by atoms with E-state index < -0.39 is 35.6 Å². The number of hydrogen-bond acceptors (Lipinski definition) is 6. The van der Waals surface area contributed by atoms with E-state index in [2.05, 4.69) is 10.6 Å². The van der Waals surface area contributed by atoms with E-state index in [0.717, 1.165) is 32.1 Å². The van der Waals surface area contributed by atoms with E-state index in [-0.39, 0.29) is 42.5 Å². The number of benzene rings is 1. The molecule has 2 aliphatic rings. The zero-order valence-electron chi connectivity index (χ0n) is 23.8. The first-order chi connectivity index (χ1) is 18.3. The van der Waals surface area contributed by atoms with Crippen molar-refractivity contribution in [3.8, 4) is 5.75 Å². The van der Waals surface area contributed by atoms with Gasteiger partial charge in [-0.25, -0.2) is 4.79 Å². The third-order valence-electron chi connectivity index (χ3n) is 7.39. The molecule has 1 aromatic carbocycles. The molecule has 0 heterocycles. The van der Waals surface area contributed by atoms with Crippen molar-refractivity contribution < 1.29 is 29.0 Å². The molecule has 1 aromatic rings. The molecule has 2 fully saturated rings. The van der Waals surface area contributed by atoms with Gasteiger partial charge in [0.1, 0.15) is 23.4 Å². The van der Waals surface area contributed by atoms with Crippen LogP contribution in [0.2, 0.25) is 0 Å². The van der Waals surface area contributed by atoms with E-state index in [9.17, 15) is 24.3 Å². The van der Waals surface area contributed by atoms with Crippen molar-refractivity contribution in [2.45, 2.75) is 116 Å². The van der Waals surface area contributed by atoms with Gasteiger partial charge in [-0.2, -0.15) is 0 Å². The average molecular weight is 545 g/mol. The number of phenols is 1. The smallest absolute Gasteiger partial charge is 0.408 e. The lowest BCUT2D eigenvalue weighted by Crippen LogP contribution is -2.55. The van der Waals surface area contributed by atoms with Crippen LogP contribution in [0.5, 0.6) is 5.75 Å². The molecule has 2 aliphatic carbocycles. The molecular weight excluding hydrogens is 500 g/mol. The summed E-state index contributed by atoms with van der Waals surface area (Å²) in [7, 11) is 0. The number of phenolic OH excluding ortho intramolecular Hbond substituents is 1. The lowest BCUT2D eigenvalue weighted by Gasteiger charge is -2.36. The Hall–Kier alpha value is -3.30. The molecule has 0 bridgehead atoms. The summed E-state index contributed by atoms with van der Waals surface area (Å²) in [5.74, 6) is -1.46. The second kappa shape index (κ2) is 12.7. The summed E-state index contributed by atoms with van der Waals surface area (Å²) in [4.78, 5) is 54.0. The van der Waals surface area contributed by atoms with Gasteiger partial charge in [0.25, 0.3) is 0 Å². The van der Waals surface area contributed by atoms with Crippen LogP contribution in [0.3, 0.4) is 0 Å². The molecule has 0 radical (unpaired) electrons. The Morgan fingerprint density at radius 3 is 2.36 bits per heavy atom. The summed E-state index contributed by atoms with van der Waals surface area (Å²) in [5, 5.41) is 16.8. The Kier molecular flexibility index (Phi) is 9.85. The molecule has 4 amide bonds. The molecule has 3 rings (SSSR count). The Bertz CT molecular complexity index is 1060. The van der Waals surface area contributed by atoms with Gasteiger partial charge in [0, 0.05) is 24.1 Å². The quantitative estimate of drug-likeness (QED) is 0.353. The maximum Gasteiger partial charge on any atom is 0.408 e. The number of para-hydroxylation sites is 1. The molecule has 4 atom stereocenters. The fourth-order valence-electron chi connectivity index (χ4n) is 5.19. The monoisotopic (exact) mass is 544 g/mol. The summed E-state index contributed by atoms with van der Waals surface area (Å²) in [6.45, 7) is 8.84. The number of nitrogens with zero attached hydrogens (tertiary/aromatic N) is 1. The number of primary amides is 1. The predicted octanol–water partition coefficient (Wildman–Crippen LogP) is 3.59. The highest BCUT2D eigenvalue weighted by Gasteiger charge is 2.49. The van der Waals surface area contributed by atoms with Crippen molar-refractivity contribution >= 4 is 23.8 Å². The van der Waals surface area contributed by atoms with Crippen LogP contribution in [0.15, 0.2) is 18.2 Å². The zero-order valence-corrected chi connectivity index (χ0v) is 23.8. The Morgan fingerprint density at radius 1 is 1.15 bits per heavy atom. The van der Waals surface area contributed by atoms with Crippen LogP contribution >= 0.6 is 0 Å². The highest BCUT2D eigenvalue weighted by Crippen LogP contribution is 2.43. The first kappa shape index (κ1) is 30.2. The average Bonchev–Trinajstić information content (AvgIpc) is 3.56. The highest BCUT2D eigenvalue weighted by molar-refractivity contribution is 5.93. The third-order valence-corrected chi connectivity index (χ3v) is 7.39. The van der Waals surface area contributed by atoms with Crippen molar-refractivity contribution in [2.24, 2.45) is 11.7 Å². The maximum absolute atomic E-state index is 14.2. The van der Waals surface area contributed by atoms with Crippen LogP contribution in [0.25, 0.3) is 0 Å². The second-order valence-electron chi connectivity index (χ2n) is 12.0. The van der Waals surface area contributed by atoms with Crippen LogP contribution in [0.1, 0.15) is 96.2 Å². The van der Waals surface area contributed by atoms with Crippen LogP contribution in [-0.2, 0) is 19.1 Å². The number of carbonyl (C=O) groups excluding carboxylic acids is 4. The van der Waals surface area contributed by atoms with Gasteiger partial charge < -0.3 is 31.1 Å². The number of nitrogens with one attached hydrogen (secondary N) is 2. The molecule has 0 saturated heterocycles. The molecule has 0 aromatic heterocycles. The van der Waals surface area contributed by atoms with E-state index in [4.69, 9.17) is 10.5 Å². The number of nitrogens with two attached hydrogens (primary N) is 1. The molecule has 5 N–H and O–H groups in total. The molecule has 216 valence electrons. The fraction of sp³-hybridized carbons (Fsp3) is 0.655. The first-order valence-electron chi connectivity index (χ1n) is 14.0. The fourth-order valence-corrected chi connectivity index (χ4v) is 5.19. The molecule has 0 aliphatic heterocycles. The molecule has 39 heavy (non-hydrogen) atoms. The van der Waals surface area contributed by atoms with E-state index in [1.165, 1.54) is 4.90 Å². The van der Waals surface area contributed by atoms with Crippen molar-refractivity contribution in [1.29, 1.82) is 0 Å². The normalized spacial score (nSPS) is 20.8. The number of aryl methyl sites for hydroxylation is 1. The summed E-state index contributed by atoms with van der Waals surface area (Å²) in [6.07, 6.45) is 4.52. The van der Waals surface area contributed by atoms with Gasteiger partial charge >= 0.3 is 6.09 Å². The van der Waals surface area contributed by atoms with E-state index in [1.807, 2.05) is 6.92 Å². The predicted molar refractivity (Wildman–Crippen MR) is 147 cm³/mol. The van der Waals surface area contributed by atoms with Gasteiger partial charge in [-0.15, -0.1) is 0 Å². The number of aromatic hydroxyl groups is 1. The third kappa shape index (κ3) is 8.34. The van der Waals surface area contributed by atoms with Gasteiger partial charge in [0.05, 0.1) is 0 Å². The van der Waals surface area contributed by atoms with Crippen LogP contribution in [0, 0.1) is 12.8 Å². The summed E-state index contributed by atoms with van der Waals surface area (Å²) in [6, 6.07) is 2.56. The molecule has 10 heteroatoms. The molecule has 10 nitrogen and oxygen atoms in total. The number of alkyl carbamates (subject to hydrolysis) is 1. The van der Waals surface area contributed by atoms with Crippen LogP contribution in [-0.4, -0.2) is 57.5 Å². The van der Waals surface area contributed by atoms with E-state index in [0.29, 0.717) is 17.5 Å². The summed E-state index contributed by atoms with van der Waals surface area (Å²) < 4.78 is 5.37. The van der Waals surface area contributed by atoms with Gasteiger partial charge in [0.15, 0.2) is 0 Å². The highest BCUT2D eigenvalue weighted by atomic mass is 16.6. The van der Waals surface area contributed by atoms with Gasteiger partial charge in [-0.3, -0.25) is 14.4 Å². The van der Waals surface area contributed by atoms with Crippen molar-refractivity contribution in [3.05, 3.63) is 29.3 Å². The van der Waals surface area contributed by atoms with Crippen LogP contribution < -0.4 is 16.4 Å². The molecular formula is C29H44N4O6. The standard InChI is InChI=1S/C29H44N4O6/c1-17-10-9-13-20(25(17)35)24(26(36)31-19-11-7-6-8-12-19)33(22-16-18(22)2)27(37)21(14-15-23(30)34)32-28(38)39-29(3,4)5/h9-10,13,18-19,21-22,24,35H,6-8,11-12,14-16H2,1-5H3,(H2,30,34)(H,31,36)(H,32,38). The summed E-state index contributed by atoms with van der Waals surface area (Å²) in [5.41, 5.74) is 5.48. The number of rotatable bonds is 10. The van der Waals surface area contributed by atoms with Gasteiger partial charge in [0.2, 0.25) is 17.7 Å². The minimum Gasteiger partial charge on any atom is -0.507 e. The van der Waals surface area contributed by atoms with E-state index >= 15 is 0 Å². The van der Waals surface area contributed by atoms with Crippen molar-refractivity contribution in [2.75, 3.05) is 0 Å². The molecule has 4 unspecified atom stereocenters. The zero-order chi connectivity index (χ0) is 28.9. The largest absolute Gasteiger partial charge is 0.507 e. The number of carbonyl (C=O) groups is 4. The van der Waals surface area contributed by atoms with Crippen LogP contribution in [0.4, 0.5) is 4.79 Å². The lowest BCUT2D eigenvalue weighted by atomic mass is 9.94. The minimum absolute atomic E-state index is 0.0140. The minimum atomic E-state index is -1.16. The number of hydrogen-bond donors (Lipinski definition) is 4. The Morgan fingerprint density at radius 2 is 1.79 bits per heavy atom. The maximum atomic E-state index is 14.2. The first-order valence-corrected chi connectivity index (χ1v) is 14.0. The lowest BCUT2D eigenvalue weighted by molar-refractivity contribution is -0.144. The number of amides is 4. The number of ether oxygens (including phenoxy) is 1. The molecule has 0 spiro atoms.